The molecule has 2 aromatic rings. The Morgan fingerprint density at radius 2 is 2.00 bits per heavy atom. The third kappa shape index (κ3) is 4.63. The Morgan fingerprint density at radius 1 is 1.27 bits per heavy atom. The molecule has 3 N–H and O–H groups in total. The number of allylic oxidation sites excluding steroid dienone is 1. The van der Waals surface area contributed by atoms with Crippen molar-refractivity contribution in [3.63, 3.8) is 0 Å². The summed E-state index contributed by atoms with van der Waals surface area (Å²) in [6.45, 7) is 8.40. The number of H-pyrrole nitrogens is 1. The van der Waals surface area contributed by atoms with Gasteiger partial charge in [0.25, 0.3) is 0 Å². The van der Waals surface area contributed by atoms with Crippen LogP contribution in [0.15, 0.2) is 24.4 Å². The molecular formula is C21H25FN4. The molecule has 2 aromatic heterocycles. The number of nitrogens with zero attached hydrogens (tertiary/aromatic N) is 1. The predicted octanol–water partition coefficient (Wildman–Crippen LogP) is 3.62. The van der Waals surface area contributed by atoms with Gasteiger partial charge in [-0.25, -0.2) is 4.98 Å². The molecule has 0 aliphatic carbocycles. The van der Waals surface area contributed by atoms with Crippen LogP contribution in [0.3, 0.4) is 0 Å². The number of pyridine rings is 1. The van der Waals surface area contributed by atoms with E-state index in [0.717, 1.165) is 21.8 Å². The van der Waals surface area contributed by atoms with E-state index in [1.54, 1.807) is 18.2 Å². The van der Waals surface area contributed by atoms with Crippen LogP contribution in [-0.2, 0) is 0 Å². The third-order valence-corrected chi connectivity index (χ3v) is 3.92. The highest BCUT2D eigenvalue weighted by molar-refractivity contribution is 6.08. The third-order valence-electron chi connectivity index (χ3n) is 3.92. The minimum atomic E-state index is -0.595. The van der Waals surface area contributed by atoms with Crippen molar-refractivity contribution in [2.75, 3.05) is 0 Å². The van der Waals surface area contributed by atoms with Gasteiger partial charge in [0.15, 0.2) is 0 Å². The zero-order valence-corrected chi connectivity index (χ0v) is 15.6. The predicted molar refractivity (Wildman–Crippen MR) is 107 cm³/mol. The topological polar surface area (TPSA) is 76.4 Å². The number of halogens is 1. The van der Waals surface area contributed by atoms with E-state index < -0.39 is 5.95 Å². The summed E-state index contributed by atoms with van der Waals surface area (Å²) in [5.74, 6) is 0.000790. The average Bonchev–Trinajstić information content (AvgIpc) is 2.90. The summed E-state index contributed by atoms with van der Waals surface area (Å²) >= 11 is 0. The van der Waals surface area contributed by atoms with Crippen molar-refractivity contribution < 1.29 is 4.39 Å². The maximum Gasteiger partial charge on any atom is 0.213 e. The normalized spacial score (nSPS) is 13.3. The van der Waals surface area contributed by atoms with Crippen LogP contribution in [0, 0.1) is 22.7 Å². The lowest BCUT2D eigenvalue weighted by Crippen LogP contribution is -2.25. The largest absolute Gasteiger partial charge is 0.358 e. The summed E-state index contributed by atoms with van der Waals surface area (Å²) < 4.78 is 13.3. The van der Waals surface area contributed by atoms with Crippen LogP contribution in [-0.4, -0.2) is 21.9 Å². The molecule has 0 amide bonds. The molecular weight excluding hydrogens is 327 g/mol. The zero-order chi connectivity index (χ0) is 19.3. The van der Waals surface area contributed by atoms with Gasteiger partial charge in [0.2, 0.25) is 5.95 Å². The van der Waals surface area contributed by atoms with Crippen LogP contribution in [0.1, 0.15) is 50.4 Å². The molecule has 2 rings (SSSR count). The minimum absolute atomic E-state index is 0.218. The second kappa shape index (κ2) is 8.52. The summed E-state index contributed by atoms with van der Waals surface area (Å²) in [5.41, 5.74) is 2.75. The van der Waals surface area contributed by atoms with Crippen molar-refractivity contribution in [2.45, 2.75) is 33.6 Å². The maximum absolute atomic E-state index is 13.3. The molecule has 0 aliphatic rings. The molecule has 4 nitrogen and oxygen atoms in total. The van der Waals surface area contributed by atoms with Crippen molar-refractivity contribution in [2.24, 2.45) is 5.92 Å². The second-order valence-corrected chi connectivity index (χ2v) is 6.79. The molecule has 0 aromatic carbocycles. The van der Waals surface area contributed by atoms with Crippen LogP contribution in [0.2, 0.25) is 0 Å². The lowest BCUT2D eigenvalue weighted by molar-refractivity contribution is 0.583. The zero-order valence-electron chi connectivity index (χ0n) is 15.6. The second-order valence-electron chi connectivity index (χ2n) is 6.79. The van der Waals surface area contributed by atoms with Gasteiger partial charge in [-0.15, -0.1) is 0 Å². The molecule has 26 heavy (non-hydrogen) atoms. The standard InChI is InChI=1S/C21H25FN4/c1-13(2)11-17-16(21(14(3)4)26-19(17)7-9-23)5-6-18(24)15-8-10-25-20(22)12-15/h5-14,23-24,26H,1-4H3/b6-5-,17-11-,19-7+,23-9?,24-18?. The molecule has 0 saturated heterocycles. The van der Waals surface area contributed by atoms with Gasteiger partial charge in [-0.1, -0.05) is 39.8 Å². The van der Waals surface area contributed by atoms with Crippen LogP contribution in [0.4, 0.5) is 4.39 Å². The summed E-state index contributed by atoms with van der Waals surface area (Å²) in [4.78, 5) is 6.92. The molecule has 2 heterocycles. The quantitative estimate of drug-likeness (QED) is 0.539. The first-order valence-corrected chi connectivity index (χ1v) is 8.66. The number of rotatable bonds is 6. The fourth-order valence-corrected chi connectivity index (χ4v) is 2.77. The van der Waals surface area contributed by atoms with Gasteiger partial charge in [0.1, 0.15) is 0 Å². The van der Waals surface area contributed by atoms with Gasteiger partial charge in [-0.3, -0.25) is 0 Å². The van der Waals surface area contributed by atoms with Crippen molar-refractivity contribution in [1.29, 1.82) is 10.8 Å². The van der Waals surface area contributed by atoms with Crippen LogP contribution < -0.4 is 10.6 Å². The van der Waals surface area contributed by atoms with E-state index in [4.69, 9.17) is 10.8 Å². The molecule has 0 atom stereocenters. The number of hydrogen-bond acceptors (Lipinski definition) is 3. The Balaban J connectivity index is 2.58. The van der Waals surface area contributed by atoms with Crippen molar-refractivity contribution in [3.8, 4) is 0 Å². The van der Waals surface area contributed by atoms with Crippen LogP contribution in [0.5, 0.6) is 0 Å². The van der Waals surface area contributed by atoms with Gasteiger partial charge >= 0.3 is 0 Å². The minimum Gasteiger partial charge on any atom is -0.358 e. The van der Waals surface area contributed by atoms with E-state index in [1.807, 2.05) is 6.08 Å². The molecule has 0 radical (unpaired) electrons. The lowest BCUT2D eigenvalue weighted by Gasteiger charge is -2.05. The Morgan fingerprint density at radius 3 is 2.58 bits per heavy atom. The van der Waals surface area contributed by atoms with Gasteiger partial charge in [0.05, 0.1) is 5.71 Å². The van der Waals surface area contributed by atoms with Gasteiger partial charge in [0, 0.05) is 45.9 Å². The summed E-state index contributed by atoms with van der Waals surface area (Å²) in [7, 11) is 0. The Labute approximate surface area is 153 Å². The SMILES string of the molecule is CC(C)/C=c1/c(/C=C\C(=N)c2ccnc(F)c2)c(C(C)C)[nH]/c1=C/C=N. The van der Waals surface area contributed by atoms with Gasteiger partial charge in [-0.2, -0.15) is 4.39 Å². The number of nitrogens with one attached hydrogen (secondary N) is 3. The average molecular weight is 352 g/mol. The molecule has 136 valence electrons. The molecule has 0 unspecified atom stereocenters. The lowest BCUT2D eigenvalue weighted by atomic mass is 10.0. The van der Waals surface area contributed by atoms with Crippen molar-refractivity contribution in [3.05, 3.63) is 57.7 Å². The van der Waals surface area contributed by atoms with Crippen molar-refractivity contribution in [1.82, 2.24) is 9.97 Å². The summed E-state index contributed by atoms with van der Waals surface area (Å²) in [6.07, 6.45) is 10.1. The highest BCUT2D eigenvalue weighted by atomic mass is 19.1. The van der Waals surface area contributed by atoms with E-state index in [1.165, 1.54) is 18.5 Å². The number of hydrogen-bond donors (Lipinski definition) is 3. The number of aromatic nitrogens is 2. The fraction of sp³-hybridized carbons (Fsp3) is 0.286. The van der Waals surface area contributed by atoms with Crippen LogP contribution in [0.25, 0.3) is 18.2 Å². The highest BCUT2D eigenvalue weighted by Crippen LogP contribution is 2.15. The Hall–Kier alpha value is -2.82. The monoisotopic (exact) mass is 352 g/mol. The Bertz CT molecular complexity index is 949. The number of aromatic amines is 1. The first kappa shape index (κ1) is 19.5. The van der Waals surface area contributed by atoms with Crippen molar-refractivity contribution >= 4 is 30.2 Å². The molecule has 0 fully saturated rings. The first-order chi connectivity index (χ1) is 12.3. The highest BCUT2D eigenvalue weighted by Gasteiger charge is 2.11. The molecule has 0 spiro atoms. The van der Waals surface area contributed by atoms with E-state index in [2.05, 4.69) is 43.7 Å². The van der Waals surface area contributed by atoms with Gasteiger partial charge < -0.3 is 15.8 Å². The first-order valence-electron chi connectivity index (χ1n) is 8.66. The van der Waals surface area contributed by atoms with E-state index in [-0.39, 0.29) is 11.6 Å². The molecule has 0 bridgehead atoms. The molecule has 5 heteroatoms. The Kier molecular flexibility index (Phi) is 6.39. The smallest absolute Gasteiger partial charge is 0.213 e. The summed E-state index contributed by atoms with van der Waals surface area (Å²) in [5, 5.41) is 17.5. The van der Waals surface area contributed by atoms with E-state index in [0.29, 0.717) is 11.5 Å². The van der Waals surface area contributed by atoms with E-state index in [9.17, 15) is 4.39 Å². The van der Waals surface area contributed by atoms with E-state index >= 15 is 0 Å². The molecule has 0 aliphatic heterocycles. The van der Waals surface area contributed by atoms with Crippen LogP contribution >= 0.6 is 0 Å². The fourth-order valence-electron chi connectivity index (χ4n) is 2.77. The maximum atomic E-state index is 13.3. The molecule has 0 saturated carbocycles. The van der Waals surface area contributed by atoms with Gasteiger partial charge in [-0.05, 0) is 30.1 Å². The summed E-state index contributed by atoms with van der Waals surface area (Å²) in [6, 6.07) is 2.87.